The molecule has 1 aromatic rings. The Balaban J connectivity index is 2.92. The number of ether oxygens (including phenoxy) is 1. The van der Waals surface area contributed by atoms with Crippen molar-refractivity contribution in [2.24, 2.45) is 0 Å². The standard InChI is InChI=1S/C9H13IN2O2/c1-3-5-12-8(7(10)6-11-12)9(13)14-4-2/h6H,3-5H2,1-2H3. The average Bonchev–Trinajstić information content (AvgIpc) is 2.48. The van der Waals surface area contributed by atoms with Gasteiger partial charge < -0.3 is 4.74 Å². The first-order chi connectivity index (χ1) is 6.70. The summed E-state index contributed by atoms with van der Waals surface area (Å²) in [5.74, 6) is -0.289. The SMILES string of the molecule is CCCn1ncc(I)c1C(=O)OCC. The lowest BCUT2D eigenvalue weighted by Crippen LogP contribution is -2.14. The Hall–Kier alpha value is -0.590. The third-order valence-electron chi connectivity index (χ3n) is 1.70. The molecule has 78 valence electrons. The van der Waals surface area contributed by atoms with Gasteiger partial charge in [-0.2, -0.15) is 5.10 Å². The van der Waals surface area contributed by atoms with Crippen LogP contribution in [0.5, 0.6) is 0 Å². The van der Waals surface area contributed by atoms with Crippen LogP contribution in [-0.4, -0.2) is 22.4 Å². The summed E-state index contributed by atoms with van der Waals surface area (Å²) in [5, 5.41) is 4.12. The van der Waals surface area contributed by atoms with Crippen molar-refractivity contribution in [3.8, 4) is 0 Å². The molecule has 5 heteroatoms. The minimum absolute atomic E-state index is 0.289. The van der Waals surface area contributed by atoms with E-state index >= 15 is 0 Å². The highest BCUT2D eigenvalue weighted by Gasteiger charge is 2.17. The number of carbonyl (C=O) groups is 1. The lowest BCUT2D eigenvalue weighted by molar-refractivity contribution is 0.0510. The van der Waals surface area contributed by atoms with Gasteiger partial charge in [0, 0.05) is 6.54 Å². The number of esters is 1. The largest absolute Gasteiger partial charge is 0.461 e. The zero-order valence-corrected chi connectivity index (χ0v) is 10.4. The van der Waals surface area contributed by atoms with Gasteiger partial charge in [0.25, 0.3) is 0 Å². The average molecular weight is 308 g/mol. The molecule has 0 aliphatic rings. The van der Waals surface area contributed by atoms with E-state index in [0.717, 1.165) is 16.5 Å². The number of aryl methyl sites for hydroxylation is 1. The summed E-state index contributed by atoms with van der Waals surface area (Å²) in [6.45, 7) is 4.98. The summed E-state index contributed by atoms with van der Waals surface area (Å²) < 4.78 is 7.49. The molecule has 0 aliphatic heterocycles. The molecule has 0 N–H and O–H groups in total. The second kappa shape index (κ2) is 5.33. The number of aromatic nitrogens is 2. The van der Waals surface area contributed by atoms with Gasteiger partial charge in [-0.05, 0) is 35.9 Å². The van der Waals surface area contributed by atoms with Gasteiger partial charge in [-0.1, -0.05) is 6.92 Å². The fourth-order valence-electron chi connectivity index (χ4n) is 1.15. The van der Waals surface area contributed by atoms with Crippen molar-refractivity contribution in [2.45, 2.75) is 26.8 Å². The highest BCUT2D eigenvalue weighted by molar-refractivity contribution is 14.1. The van der Waals surface area contributed by atoms with E-state index in [9.17, 15) is 4.79 Å². The van der Waals surface area contributed by atoms with E-state index in [1.807, 2.05) is 6.92 Å². The molecule has 0 atom stereocenters. The van der Waals surface area contributed by atoms with Crippen molar-refractivity contribution in [1.29, 1.82) is 0 Å². The molecule has 0 unspecified atom stereocenters. The Morgan fingerprint density at radius 2 is 2.36 bits per heavy atom. The summed E-state index contributed by atoms with van der Waals surface area (Å²) >= 11 is 2.09. The van der Waals surface area contributed by atoms with Crippen molar-refractivity contribution >= 4 is 28.6 Å². The van der Waals surface area contributed by atoms with Gasteiger partial charge in [0.15, 0.2) is 5.69 Å². The molecule has 0 saturated carbocycles. The fourth-order valence-corrected chi connectivity index (χ4v) is 1.77. The van der Waals surface area contributed by atoms with Crippen LogP contribution in [0.3, 0.4) is 0 Å². The van der Waals surface area contributed by atoms with Crippen LogP contribution in [0.1, 0.15) is 30.8 Å². The maximum atomic E-state index is 11.5. The van der Waals surface area contributed by atoms with Crippen LogP contribution < -0.4 is 0 Å². The van der Waals surface area contributed by atoms with Crippen LogP contribution in [0.15, 0.2) is 6.20 Å². The van der Waals surface area contributed by atoms with Gasteiger partial charge in [-0.15, -0.1) is 0 Å². The second-order valence-corrected chi connectivity index (χ2v) is 3.95. The van der Waals surface area contributed by atoms with Crippen molar-refractivity contribution in [2.75, 3.05) is 6.61 Å². The van der Waals surface area contributed by atoms with Crippen LogP contribution in [0.2, 0.25) is 0 Å². The van der Waals surface area contributed by atoms with E-state index in [4.69, 9.17) is 4.74 Å². The molecule has 0 spiro atoms. The summed E-state index contributed by atoms with van der Waals surface area (Å²) in [4.78, 5) is 11.5. The summed E-state index contributed by atoms with van der Waals surface area (Å²) in [6.07, 6.45) is 2.63. The van der Waals surface area contributed by atoms with Crippen molar-refractivity contribution in [3.63, 3.8) is 0 Å². The second-order valence-electron chi connectivity index (χ2n) is 2.78. The van der Waals surface area contributed by atoms with Crippen molar-refractivity contribution in [3.05, 3.63) is 15.5 Å². The van der Waals surface area contributed by atoms with Crippen molar-refractivity contribution < 1.29 is 9.53 Å². The Morgan fingerprint density at radius 3 is 2.93 bits per heavy atom. The molecule has 4 nitrogen and oxygen atoms in total. The molecule has 0 saturated heterocycles. The van der Waals surface area contributed by atoms with E-state index in [0.29, 0.717) is 12.3 Å². The lowest BCUT2D eigenvalue weighted by Gasteiger charge is -2.05. The first-order valence-corrected chi connectivity index (χ1v) is 5.67. The van der Waals surface area contributed by atoms with E-state index < -0.39 is 0 Å². The van der Waals surface area contributed by atoms with E-state index in [1.165, 1.54) is 0 Å². The number of halogens is 1. The van der Waals surface area contributed by atoms with Gasteiger partial charge in [0.05, 0.1) is 16.4 Å². The number of nitrogens with zero attached hydrogens (tertiary/aromatic N) is 2. The smallest absolute Gasteiger partial charge is 0.357 e. The van der Waals surface area contributed by atoms with Crippen molar-refractivity contribution in [1.82, 2.24) is 9.78 Å². The maximum absolute atomic E-state index is 11.5. The van der Waals surface area contributed by atoms with Gasteiger partial charge in [0.2, 0.25) is 0 Å². The van der Waals surface area contributed by atoms with E-state index in [1.54, 1.807) is 17.8 Å². The van der Waals surface area contributed by atoms with Crippen LogP contribution in [0.4, 0.5) is 0 Å². The quantitative estimate of drug-likeness (QED) is 0.632. The van der Waals surface area contributed by atoms with Gasteiger partial charge >= 0.3 is 5.97 Å². The van der Waals surface area contributed by atoms with E-state index in [2.05, 4.69) is 27.7 Å². The molecular formula is C9H13IN2O2. The molecule has 0 aromatic carbocycles. The van der Waals surface area contributed by atoms with Gasteiger partial charge in [0.1, 0.15) is 0 Å². The van der Waals surface area contributed by atoms with Crippen LogP contribution in [0.25, 0.3) is 0 Å². The minimum atomic E-state index is -0.289. The molecule has 1 heterocycles. The number of carbonyl (C=O) groups excluding carboxylic acids is 1. The number of rotatable bonds is 4. The summed E-state index contributed by atoms with van der Waals surface area (Å²) in [6, 6.07) is 0. The third-order valence-corrected chi connectivity index (χ3v) is 2.49. The third kappa shape index (κ3) is 2.46. The molecule has 0 fully saturated rings. The first kappa shape index (κ1) is 11.5. The predicted molar refractivity (Wildman–Crippen MR) is 61.2 cm³/mol. The molecule has 14 heavy (non-hydrogen) atoms. The molecule has 0 radical (unpaired) electrons. The zero-order valence-electron chi connectivity index (χ0n) is 8.29. The zero-order chi connectivity index (χ0) is 10.6. The highest BCUT2D eigenvalue weighted by atomic mass is 127. The molecule has 1 aromatic heterocycles. The molecule has 1 rings (SSSR count). The predicted octanol–water partition coefficient (Wildman–Crippen LogP) is 2.07. The monoisotopic (exact) mass is 308 g/mol. The first-order valence-electron chi connectivity index (χ1n) is 4.59. The van der Waals surface area contributed by atoms with Gasteiger partial charge in [-0.25, -0.2) is 4.79 Å². The molecular weight excluding hydrogens is 295 g/mol. The van der Waals surface area contributed by atoms with Crippen LogP contribution in [0, 0.1) is 3.57 Å². The summed E-state index contributed by atoms with van der Waals surface area (Å²) in [7, 11) is 0. The Morgan fingerprint density at radius 1 is 1.64 bits per heavy atom. The van der Waals surface area contributed by atoms with Crippen LogP contribution in [-0.2, 0) is 11.3 Å². The van der Waals surface area contributed by atoms with E-state index in [-0.39, 0.29) is 5.97 Å². The van der Waals surface area contributed by atoms with Gasteiger partial charge in [-0.3, -0.25) is 4.68 Å². The molecule has 0 aliphatic carbocycles. The summed E-state index contributed by atoms with van der Waals surface area (Å²) in [5.41, 5.74) is 0.564. The Labute approximate surface area is 96.8 Å². The Kier molecular flexibility index (Phi) is 4.37. The normalized spacial score (nSPS) is 10.2. The topological polar surface area (TPSA) is 44.1 Å². The lowest BCUT2D eigenvalue weighted by atomic mass is 10.4. The fraction of sp³-hybridized carbons (Fsp3) is 0.556. The molecule has 0 bridgehead atoms. The van der Waals surface area contributed by atoms with Crippen LogP contribution >= 0.6 is 22.6 Å². The minimum Gasteiger partial charge on any atom is -0.461 e. The number of hydrogen-bond donors (Lipinski definition) is 0. The molecule has 0 amide bonds. The highest BCUT2D eigenvalue weighted by Crippen LogP contribution is 2.13. The number of hydrogen-bond acceptors (Lipinski definition) is 3. The maximum Gasteiger partial charge on any atom is 0.357 e. The Bertz CT molecular complexity index is 323.